The minimum Gasteiger partial charge on any atom is -0.339 e. The van der Waals surface area contributed by atoms with E-state index in [1.807, 2.05) is 0 Å². The zero-order valence-electron chi connectivity index (χ0n) is 15.8. The summed E-state index contributed by atoms with van der Waals surface area (Å²) in [5.74, 6) is 1.13. The molecule has 130 valence electrons. The number of unbranched alkanes of at least 4 members (excludes halogenated alkanes) is 2. The van der Waals surface area contributed by atoms with Crippen molar-refractivity contribution >= 4 is 5.91 Å². The normalized spacial score (nSPS) is 21.0. The minimum absolute atomic E-state index is 0.288. The molecule has 0 N–H and O–H groups in total. The van der Waals surface area contributed by atoms with E-state index in [9.17, 15) is 4.79 Å². The quantitative estimate of drug-likeness (QED) is 0.472. The van der Waals surface area contributed by atoms with Gasteiger partial charge in [-0.1, -0.05) is 66.7 Å². The van der Waals surface area contributed by atoms with Crippen molar-refractivity contribution in [1.29, 1.82) is 0 Å². The Kier molecular flexibility index (Phi) is 8.49. The Morgan fingerprint density at radius 3 is 2.36 bits per heavy atom. The summed E-state index contributed by atoms with van der Waals surface area (Å²) < 4.78 is 0. The van der Waals surface area contributed by atoms with Gasteiger partial charge in [-0.25, -0.2) is 0 Å². The van der Waals surface area contributed by atoms with Gasteiger partial charge in [0.15, 0.2) is 0 Å². The zero-order chi connectivity index (χ0) is 16.6. The molecule has 1 aliphatic rings. The molecule has 2 heteroatoms. The Labute approximate surface area is 139 Å². The van der Waals surface area contributed by atoms with E-state index < -0.39 is 0 Å². The minimum atomic E-state index is 0.288. The number of amides is 1. The van der Waals surface area contributed by atoms with Crippen molar-refractivity contribution in [3.05, 3.63) is 0 Å². The maximum Gasteiger partial charge on any atom is 0.222 e. The summed E-state index contributed by atoms with van der Waals surface area (Å²) in [4.78, 5) is 14.6. The van der Waals surface area contributed by atoms with Crippen LogP contribution in [0.5, 0.6) is 0 Å². The van der Waals surface area contributed by atoms with Crippen LogP contribution in [0.2, 0.25) is 0 Å². The Hall–Kier alpha value is -0.530. The van der Waals surface area contributed by atoms with Gasteiger partial charge in [-0.05, 0) is 37.0 Å². The standard InChI is InChI=1S/C20H39NO/c1-6-9-12-17(4)16-18(21-15-11-13-19(21)22)20(5,8-3)14-10-7-2/h17-18H,6-16H2,1-5H3. The molecule has 0 aromatic heterocycles. The monoisotopic (exact) mass is 309 g/mol. The average molecular weight is 310 g/mol. The molecule has 1 amide bonds. The van der Waals surface area contributed by atoms with Crippen LogP contribution in [-0.2, 0) is 4.79 Å². The van der Waals surface area contributed by atoms with E-state index in [2.05, 4.69) is 39.5 Å². The van der Waals surface area contributed by atoms with Crippen molar-refractivity contribution in [2.45, 2.75) is 105 Å². The van der Waals surface area contributed by atoms with Gasteiger partial charge in [-0.15, -0.1) is 0 Å². The summed E-state index contributed by atoms with van der Waals surface area (Å²) >= 11 is 0. The molecule has 1 saturated heterocycles. The molecular weight excluding hydrogens is 270 g/mol. The van der Waals surface area contributed by atoms with Crippen molar-refractivity contribution in [2.24, 2.45) is 11.3 Å². The van der Waals surface area contributed by atoms with Crippen LogP contribution in [0.3, 0.4) is 0 Å². The number of carbonyl (C=O) groups excluding carboxylic acids is 1. The molecule has 2 nitrogen and oxygen atoms in total. The van der Waals surface area contributed by atoms with Gasteiger partial charge in [0.2, 0.25) is 5.91 Å². The van der Waals surface area contributed by atoms with Crippen molar-refractivity contribution in [3.8, 4) is 0 Å². The summed E-state index contributed by atoms with van der Waals surface area (Å²) in [5, 5.41) is 0. The maximum absolute atomic E-state index is 12.4. The Morgan fingerprint density at radius 2 is 1.86 bits per heavy atom. The second-order valence-electron chi connectivity index (χ2n) is 7.80. The van der Waals surface area contributed by atoms with E-state index in [-0.39, 0.29) is 5.41 Å². The Bertz CT molecular complexity index is 328. The Balaban J connectivity index is 2.86. The van der Waals surface area contributed by atoms with Gasteiger partial charge >= 0.3 is 0 Å². The summed E-state index contributed by atoms with van der Waals surface area (Å²) in [7, 11) is 0. The fourth-order valence-electron chi connectivity index (χ4n) is 4.00. The molecule has 3 atom stereocenters. The summed E-state index contributed by atoms with van der Waals surface area (Å²) in [6.45, 7) is 12.7. The molecule has 1 fully saturated rings. The highest BCUT2D eigenvalue weighted by atomic mass is 16.2. The lowest BCUT2D eigenvalue weighted by atomic mass is 9.71. The molecule has 0 aliphatic carbocycles. The van der Waals surface area contributed by atoms with Crippen LogP contribution in [0.4, 0.5) is 0 Å². The third-order valence-corrected chi connectivity index (χ3v) is 5.88. The third kappa shape index (κ3) is 5.28. The van der Waals surface area contributed by atoms with Crippen LogP contribution < -0.4 is 0 Å². The lowest BCUT2D eigenvalue weighted by Crippen LogP contribution is -2.48. The molecule has 0 aromatic carbocycles. The SMILES string of the molecule is CCCCC(C)CC(N1CCCC1=O)C(C)(CC)CCCC. The highest BCUT2D eigenvalue weighted by molar-refractivity contribution is 5.78. The maximum atomic E-state index is 12.4. The van der Waals surface area contributed by atoms with Gasteiger partial charge in [0.25, 0.3) is 0 Å². The van der Waals surface area contributed by atoms with Crippen LogP contribution in [0.15, 0.2) is 0 Å². The van der Waals surface area contributed by atoms with Crippen LogP contribution in [-0.4, -0.2) is 23.4 Å². The number of carbonyl (C=O) groups is 1. The summed E-state index contributed by atoms with van der Waals surface area (Å²) in [6.07, 6.45) is 11.9. The van der Waals surface area contributed by atoms with E-state index in [4.69, 9.17) is 0 Å². The molecular formula is C20H39NO. The van der Waals surface area contributed by atoms with Crippen molar-refractivity contribution in [3.63, 3.8) is 0 Å². The van der Waals surface area contributed by atoms with Crippen molar-refractivity contribution < 1.29 is 4.79 Å². The smallest absolute Gasteiger partial charge is 0.222 e. The van der Waals surface area contributed by atoms with Gasteiger partial charge in [-0.3, -0.25) is 4.79 Å². The van der Waals surface area contributed by atoms with Gasteiger partial charge in [0, 0.05) is 19.0 Å². The highest BCUT2D eigenvalue weighted by Gasteiger charge is 2.40. The first-order chi connectivity index (χ1) is 10.5. The zero-order valence-corrected chi connectivity index (χ0v) is 15.8. The first-order valence-electron chi connectivity index (χ1n) is 9.77. The van der Waals surface area contributed by atoms with Crippen LogP contribution in [0, 0.1) is 11.3 Å². The molecule has 0 radical (unpaired) electrons. The lowest BCUT2D eigenvalue weighted by Gasteiger charge is -2.44. The number of nitrogens with zero attached hydrogens (tertiary/aromatic N) is 1. The Morgan fingerprint density at radius 1 is 1.18 bits per heavy atom. The summed E-state index contributed by atoms with van der Waals surface area (Å²) in [6, 6.07) is 0.450. The lowest BCUT2D eigenvalue weighted by molar-refractivity contribution is -0.133. The second kappa shape index (κ2) is 9.57. The van der Waals surface area contributed by atoms with Gasteiger partial charge in [0.05, 0.1) is 0 Å². The summed E-state index contributed by atoms with van der Waals surface area (Å²) in [5.41, 5.74) is 0.288. The molecule has 0 spiro atoms. The first-order valence-corrected chi connectivity index (χ1v) is 9.77. The molecule has 1 aliphatic heterocycles. The van der Waals surface area contributed by atoms with E-state index >= 15 is 0 Å². The van der Waals surface area contributed by atoms with E-state index in [0.29, 0.717) is 11.9 Å². The molecule has 0 saturated carbocycles. The topological polar surface area (TPSA) is 20.3 Å². The first kappa shape index (κ1) is 19.5. The van der Waals surface area contributed by atoms with E-state index in [1.165, 1.54) is 51.4 Å². The third-order valence-electron chi connectivity index (χ3n) is 5.88. The van der Waals surface area contributed by atoms with Gasteiger partial charge in [-0.2, -0.15) is 0 Å². The van der Waals surface area contributed by atoms with Crippen molar-refractivity contribution in [1.82, 2.24) is 4.90 Å². The molecule has 0 bridgehead atoms. The van der Waals surface area contributed by atoms with Gasteiger partial charge in [0.1, 0.15) is 0 Å². The van der Waals surface area contributed by atoms with Crippen LogP contribution in [0.1, 0.15) is 98.8 Å². The van der Waals surface area contributed by atoms with E-state index in [0.717, 1.165) is 25.3 Å². The van der Waals surface area contributed by atoms with Crippen LogP contribution >= 0.6 is 0 Å². The molecule has 0 aromatic rings. The van der Waals surface area contributed by atoms with Crippen LogP contribution in [0.25, 0.3) is 0 Å². The fourth-order valence-corrected chi connectivity index (χ4v) is 4.00. The second-order valence-corrected chi connectivity index (χ2v) is 7.80. The molecule has 3 unspecified atom stereocenters. The predicted molar refractivity (Wildman–Crippen MR) is 96.0 cm³/mol. The fraction of sp³-hybridized carbons (Fsp3) is 0.950. The van der Waals surface area contributed by atoms with Gasteiger partial charge < -0.3 is 4.90 Å². The largest absolute Gasteiger partial charge is 0.339 e. The number of rotatable bonds is 11. The molecule has 1 rings (SSSR count). The number of likely N-dealkylation sites (tertiary alicyclic amines) is 1. The van der Waals surface area contributed by atoms with E-state index in [1.54, 1.807) is 0 Å². The molecule has 22 heavy (non-hydrogen) atoms. The predicted octanol–water partition coefficient (Wildman–Crippen LogP) is 5.80. The highest BCUT2D eigenvalue weighted by Crippen LogP contribution is 2.40. The number of hydrogen-bond donors (Lipinski definition) is 0. The molecule has 1 heterocycles. The average Bonchev–Trinajstić information content (AvgIpc) is 2.94. The van der Waals surface area contributed by atoms with Crippen molar-refractivity contribution in [2.75, 3.05) is 6.54 Å². The number of hydrogen-bond acceptors (Lipinski definition) is 1.